The number of hydrogen-bond acceptors (Lipinski definition) is 8. The number of anilines is 2. The number of nitrogens with one attached hydrogen (secondary N) is 1. The van der Waals surface area contributed by atoms with Crippen molar-refractivity contribution in [2.45, 2.75) is 43.4 Å². The molecule has 2 aliphatic heterocycles. The van der Waals surface area contributed by atoms with Crippen LogP contribution < -0.4 is 11.1 Å². The first-order chi connectivity index (χ1) is 19.2. The van der Waals surface area contributed by atoms with E-state index in [4.69, 9.17) is 5.73 Å². The topological polar surface area (TPSA) is 134 Å². The monoisotopic (exact) mass is 571 g/mol. The van der Waals surface area contributed by atoms with Crippen molar-refractivity contribution in [1.29, 1.82) is 0 Å². The highest BCUT2D eigenvalue weighted by atomic mass is 32.2. The zero-order valence-corrected chi connectivity index (χ0v) is 22.8. The molecular formula is C27H31F2N7O3S. The number of sulfonamides is 1. The maximum Gasteiger partial charge on any atom is 0.278 e. The van der Waals surface area contributed by atoms with E-state index in [2.05, 4.69) is 25.2 Å². The van der Waals surface area contributed by atoms with Gasteiger partial charge in [-0.25, -0.2) is 27.2 Å². The van der Waals surface area contributed by atoms with Gasteiger partial charge in [0, 0.05) is 24.8 Å². The van der Waals surface area contributed by atoms with Crippen molar-refractivity contribution >= 4 is 27.4 Å². The van der Waals surface area contributed by atoms with Crippen LogP contribution in [-0.4, -0.2) is 71.2 Å². The highest BCUT2D eigenvalue weighted by Crippen LogP contribution is 2.30. The molecule has 3 N–H and O–H groups in total. The number of nitrogens with two attached hydrogens (primary N) is 1. The average Bonchev–Trinajstić information content (AvgIpc) is 3.66. The van der Waals surface area contributed by atoms with Gasteiger partial charge in [0.2, 0.25) is 10.0 Å². The fraction of sp³-hybridized carbons (Fsp3) is 0.407. The van der Waals surface area contributed by atoms with Gasteiger partial charge in [-0.1, -0.05) is 0 Å². The number of pyridine rings is 1. The molecule has 0 radical (unpaired) electrons. The first-order valence-corrected chi connectivity index (χ1v) is 14.8. The van der Waals surface area contributed by atoms with Gasteiger partial charge in [0.05, 0.1) is 23.8 Å². The van der Waals surface area contributed by atoms with Crippen LogP contribution in [0.1, 0.15) is 48.2 Å². The molecule has 0 aliphatic carbocycles. The van der Waals surface area contributed by atoms with Crippen LogP contribution in [-0.2, 0) is 16.4 Å². The number of hydrogen-bond donors (Lipinski definition) is 2. The third kappa shape index (κ3) is 5.96. The summed E-state index contributed by atoms with van der Waals surface area (Å²) >= 11 is 0. The van der Waals surface area contributed by atoms with Crippen molar-refractivity contribution in [1.82, 2.24) is 24.2 Å². The van der Waals surface area contributed by atoms with Gasteiger partial charge in [0.15, 0.2) is 11.5 Å². The van der Waals surface area contributed by atoms with E-state index in [9.17, 15) is 13.2 Å². The van der Waals surface area contributed by atoms with Crippen molar-refractivity contribution in [3.05, 3.63) is 59.7 Å². The van der Waals surface area contributed by atoms with Gasteiger partial charge >= 0.3 is 0 Å². The number of likely N-dealkylation sites (tertiary alicyclic amines) is 1. The van der Waals surface area contributed by atoms with Crippen molar-refractivity contribution in [2.75, 3.05) is 43.8 Å². The quantitative estimate of drug-likeness (QED) is 0.399. The molecule has 2 fully saturated rings. The molecule has 10 nitrogen and oxygen atoms in total. The summed E-state index contributed by atoms with van der Waals surface area (Å²) in [6, 6.07) is 3.22. The van der Waals surface area contributed by atoms with E-state index >= 15 is 8.78 Å². The van der Waals surface area contributed by atoms with Crippen LogP contribution in [0, 0.1) is 11.6 Å². The van der Waals surface area contributed by atoms with Gasteiger partial charge in [-0.2, -0.15) is 4.31 Å². The highest BCUT2D eigenvalue weighted by Gasteiger charge is 2.31. The van der Waals surface area contributed by atoms with Crippen LogP contribution in [0.5, 0.6) is 0 Å². The zero-order chi connectivity index (χ0) is 28.3. The number of carbonyl (C=O) groups is 1. The van der Waals surface area contributed by atoms with Gasteiger partial charge in [-0.15, -0.1) is 0 Å². The summed E-state index contributed by atoms with van der Waals surface area (Å²) < 4.78 is 56.9. The highest BCUT2D eigenvalue weighted by molar-refractivity contribution is 7.89. The van der Waals surface area contributed by atoms with E-state index in [1.165, 1.54) is 19.0 Å². The molecule has 1 aromatic carbocycles. The molecule has 0 bridgehead atoms. The molecular weight excluding hydrogens is 540 g/mol. The van der Waals surface area contributed by atoms with E-state index in [0.29, 0.717) is 24.6 Å². The smallest absolute Gasteiger partial charge is 0.278 e. The van der Waals surface area contributed by atoms with Crippen LogP contribution in [0.25, 0.3) is 11.3 Å². The Morgan fingerprint density at radius 2 is 1.75 bits per heavy atom. The Bertz CT molecular complexity index is 1510. The summed E-state index contributed by atoms with van der Waals surface area (Å²) in [5.41, 5.74) is 6.52. The third-order valence-electron chi connectivity index (χ3n) is 7.27. The molecule has 212 valence electrons. The second-order valence-electron chi connectivity index (χ2n) is 10.0. The lowest BCUT2D eigenvalue weighted by molar-refractivity contribution is 0.102. The predicted molar refractivity (Wildman–Crippen MR) is 146 cm³/mol. The summed E-state index contributed by atoms with van der Waals surface area (Å²) in [5, 5.41) is 2.76. The Labute approximate surface area is 231 Å². The molecule has 2 aliphatic rings. The standard InChI is InChI=1S/C27H31F2N7O3S/c28-20-15-24(40(38,39)36-12-3-4-13-36)21(29)14-19(20)23-17-32-26(30)25(33-23)27(37)34-22-16-31-8-7-18(22)6-5-11-35-9-1-2-10-35/h7-8,14-17H,1-6,9-13H2,(H2,30,32)(H,34,37). The largest absolute Gasteiger partial charge is 0.382 e. The maximum absolute atomic E-state index is 15.1. The molecule has 4 heterocycles. The molecule has 1 amide bonds. The maximum atomic E-state index is 15.1. The second-order valence-corrected chi connectivity index (χ2v) is 11.9. The number of nitrogen functional groups attached to an aromatic ring is 1. The second kappa shape index (κ2) is 11.9. The fourth-order valence-electron chi connectivity index (χ4n) is 5.12. The molecule has 3 aromatic rings. The number of aromatic nitrogens is 3. The minimum atomic E-state index is -4.18. The SMILES string of the molecule is Nc1ncc(-c2cc(F)c(S(=O)(=O)N3CCCC3)cc2F)nc1C(=O)Nc1cnccc1CCCN1CCCC1. The molecule has 40 heavy (non-hydrogen) atoms. The third-order valence-corrected chi connectivity index (χ3v) is 9.19. The zero-order valence-electron chi connectivity index (χ0n) is 21.9. The minimum Gasteiger partial charge on any atom is -0.382 e. The van der Waals surface area contributed by atoms with E-state index in [0.717, 1.165) is 54.6 Å². The Kier molecular flexibility index (Phi) is 8.33. The summed E-state index contributed by atoms with van der Waals surface area (Å²) in [6.45, 7) is 3.69. The van der Waals surface area contributed by atoms with Crippen molar-refractivity contribution in [2.24, 2.45) is 0 Å². The Balaban J connectivity index is 1.36. The summed E-state index contributed by atoms with van der Waals surface area (Å²) in [4.78, 5) is 27.1. The summed E-state index contributed by atoms with van der Waals surface area (Å²) in [7, 11) is -4.18. The number of amides is 1. The summed E-state index contributed by atoms with van der Waals surface area (Å²) in [5.74, 6) is -3.02. The summed E-state index contributed by atoms with van der Waals surface area (Å²) in [6.07, 6.45) is 9.69. The van der Waals surface area contributed by atoms with Crippen LogP contribution >= 0.6 is 0 Å². The van der Waals surface area contributed by atoms with E-state index < -0.39 is 32.5 Å². The number of benzene rings is 1. The van der Waals surface area contributed by atoms with Crippen LogP contribution in [0.3, 0.4) is 0 Å². The lowest BCUT2D eigenvalue weighted by Gasteiger charge is -2.17. The van der Waals surface area contributed by atoms with E-state index in [1.807, 2.05) is 6.07 Å². The number of aryl methyl sites for hydroxylation is 1. The van der Waals surface area contributed by atoms with Gasteiger partial charge in [-0.3, -0.25) is 9.78 Å². The molecule has 2 aromatic heterocycles. The number of halogens is 2. The normalized spacial score (nSPS) is 16.4. The van der Waals surface area contributed by atoms with Gasteiger partial charge in [0.25, 0.3) is 5.91 Å². The fourth-order valence-corrected chi connectivity index (χ4v) is 6.69. The first kappa shape index (κ1) is 28.0. The lowest BCUT2D eigenvalue weighted by Crippen LogP contribution is -2.28. The Morgan fingerprint density at radius 3 is 2.50 bits per heavy atom. The Hall–Kier alpha value is -3.55. The van der Waals surface area contributed by atoms with E-state index in [-0.39, 0.29) is 35.9 Å². The molecule has 0 atom stereocenters. The van der Waals surface area contributed by atoms with Crippen LogP contribution in [0.2, 0.25) is 0 Å². The van der Waals surface area contributed by atoms with Gasteiger partial charge in [-0.05, 0) is 81.9 Å². The number of nitrogens with zero attached hydrogens (tertiary/aromatic N) is 5. The van der Waals surface area contributed by atoms with Crippen LogP contribution in [0.4, 0.5) is 20.3 Å². The molecule has 5 rings (SSSR count). The lowest BCUT2D eigenvalue weighted by atomic mass is 10.1. The van der Waals surface area contributed by atoms with Crippen molar-refractivity contribution < 1.29 is 22.0 Å². The number of rotatable bonds is 9. The Morgan fingerprint density at radius 1 is 1.02 bits per heavy atom. The molecule has 0 saturated carbocycles. The van der Waals surface area contributed by atoms with E-state index in [1.54, 1.807) is 6.20 Å². The van der Waals surface area contributed by atoms with Crippen LogP contribution in [0.15, 0.2) is 41.7 Å². The molecule has 2 saturated heterocycles. The molecule has 0 unspecified atom stereocenters. The van der Waals surface area contributed by atoms with Gasteiger partial charge in [0.1, 0.15) is 16.5 Å². The predicted octanol–water partition coefficient (Wildman–Crippen LogP) is 3.46. The van der Waals surface area contributed by atoms with Crippen molar-refractivity contribution in [3.8, 4) is 11.3 Å². The minimum absolute atomic E-state index is 0.169. The molecule has 0 spiro atoms. The first-order valence-electron chi connectivity index (χ1n) is 13.3. The number of carbonyl (C=O) groups excluding carboxylic acids is 1. The van der Waals surface area contributed by atoms with Crippen molar-refractivity contribution in [3.63, 3.8) is 0 Å². The van der Waals surface area contributed by atoms with Gasteiger partial charge < -0.3 is 16.0 Å². The average molecular weight is 572 g/mol. The molecule has 13 heteroatoms.